The van der Waals surface area contributed by atoms with Crippen molar-refractivity contribution in [1.29, 1.82) is 0 Å². The lowest BCUT2D eigenvalue weighted by Gasteiger charge is -2.17. The van der Waals surface area contributed by atoms with Crippen LogP contribution in [0.4, 0.5) is 5.69 Å². The number of carbonyl (C=O) groups excluding carboxylic acids is 2. The number of rotatable bonds is 8. The highest BCUT2D eigenvalue weighted by Crippen LogP contribution is 2.32. The topological polar surface area (TPSA) is 89.8 Å². The van der Waals surface area contributed by atoms with E-state index >= 15 is 0 Å². The summed E-state index contributed by atoms with van der Waals surface area (Å²) in [4.78, 5) is 28.8. The molecule has 2 aromatic carbocycles. The number of ketones is 1. The van der Waals surface area contributed by atoms with E-state index in [4.69, 9.17) is 0 Å². The number of amides is 1. The molecule has 0 bridgehead atoms. The smallest absolute Gasteiger partial charge is 0.234 e. The molecule has 1 amide bonds. The van der Waals surface area contributed by atoms with Gasteiger partial charge in [-0.05, 0) is 48.7 Å². The van der Waals surface area contributed by atoms with Crippen LogP contribution in [0.25, 0.3) is 17.1 Å². The number of nitrogens with zero attached hydrogens (tertiary/aromatic N) is 4. The molecule has 1 N–H and O–H groups in total. The monoisotopic (exact) mass is 471 g/mol. The summed E-state index contributed by atoms with van der Waals surface area (Å²) in [5.41, 5.74) is 3.93. The maximum Gasteiger partial charge on any atom is 0.234 e. The molecule has 0 radical (unpaired) electrons. The van der Waals surface area contributed by atoms with Gasteiger partial charge in [-0.3, -0.25) is 19.1 Å². The maximum absolute atomic E-state index is 12.7. The molecular weight excluding hydrogens is 446 g/mol. The number of para-hydroxylation sites is 2. The van der Waals surface area contributed by atoms with Crippen molar-refractivity contribution in [3.8, 4) is 17.1 Å². The van der Waals surface area contributed by atoms with Gasteiger partial charge in [0.25, 0.3) is 0 Å². The summed E-state index contributed by atoms with van der Waals surface area (Å²) in [6.07, 6.45) is 3.46. The van der Waals surface area contributed by atoms with Gasteiger partial charge < -0.3 is 5.32 Å². The van der Waals surface area contributed by atoms with Crippen molar-refractivity contribution in [3.05, 3.63) is 84.2 Å². The van der Waals surface area contributed by atoms with Gasteiger partial charge >= 0.3 is 0 Å². The van der Waals surface area contributed by atoms with E-state index in [2.05, 4.69) is 40.4 Å². The zero-order valence-electron chi connectivity index (χ0n) is 19.2. The molecule has 34 heavy (non-hydrogen) atoms. The highest BCUT2D eigenvalue weighted by molar-refractivity contribution is 7.99. The summed E-state index contributed by atoms with van der Waals surface area (Å²) in [7, 11) is 0. The first-order chi connectivity index (χ1) is 16.5. The van der Waals surface area contributed by atoms with E-state index in [9.17, 15) is 9.59 Å². The Kier molecular flexibility index (Phi) is 7.18. The molecule has 2 aromatic heterocycles. The number of hydrogen-bond acceptors (Lipinski definition) is 6. The SMILES string of the molecule is CC(=O)c1ccccc1NC(=O)CSc1nnc(-c2cccnc2)n1-c1ccccc1C(C)C. The molecule has 8 heteroatoms. The fourth-order valence-electron chi connectivity index (χ4n) is 3.66. The molecule has 0 fully saturated rings. The van der Waals surface area contributed by atoms with Crippen molar-refractivity contribution in [2.45, 2.75) is 31.8 Å². The first-order valence-electron chi connectivity index (χ1n) is 10.9. The fraction of sp³-hybridized carbons (Fsp3) is 0.192. The van der Waals surface area contributed by atoms with Crippen LogP contribution in [0, 0.1) is 0 Å². The van der Waals surface area contributed by atoms with Gasteiger partial charge in [0.05, 0.1) is 17.1 Å². The van der Waals surface area contributed by atoms with Crippen LogP contribution in [0.1, 0.15) is 42.6 Å². The minimum Gasteiger partial charge on any atom is -0.325 e. The van der Waals surface area contributed by atoms with Crippen LogP contribution in [-0.2, 0) is 4.79 Å². The van der Waals surface area contributed by atoms with Crippen LogP contribution in [0.15, 0.2) is 78.2 Å². The molecule has 0 atom stereocenters. The average molecular weight is 472 g/mol. The second-order valence-electron chi connectivity index (χ2n) is 8.04. The molecule has 0 saturated heterocycles. The first kappa shape index (κ1) is 23.4. The molecule has 4 aromatic rings. The number of anilines is 1. The fourth-order valence-corrected chi connectivity index (χ4v) is 4.40. The number of benzene rings is 2. The van der Waals surface area contributed by atoms with Crippen LogP contribution in [0.5, 0.6) is 0 Å². The normalized spacial score (nSPS) is 10.9. The van der Waals surface area contributed by atoms with Crippen LogP contribution in [0.3, 0.4) is 0 Å². The number of nitrogens with one attached hydrogen (secondary N) is 1. The Bertz CT molecular complexity index is 1320. The second-order valence-corrected chi connectivity index (χ2v) is 8.98. The lowest BCUT2D eigenvalue weighted by Crippen LogP contribution is -2.16. The molecule has 172 valence electrons. The second kappa shape index (κ2) is 10.4. The quantitative estimate of drug-likeness (QED) is 0.274. The van der Waals surface area contributed by atoms with Crippen LogP contribution in [0.2, 0.25) is 0 Å². The highest BCUT2D eigenvalue weighted by atomic mass is 32.2. The Hall–Kier alpha value is -3.78. The van der Waals surface area contributed by atoms with Crippen molar-refractivity contribution in [1.82, 2.24) is 19.7 Å². The summed E-state index contributed by atoms with van der Waals surface area (Å²) >= 11 is 1.29. The Morgan fingerprint density at radius 3 is 2.50 bits per heavy atom. The Labute approximate surface area is 202 Å². The van der Waals surface area contributed by atoms with Gasteiger partial charge in [-0.15, -0.1) is 10.2 Å². The highest BCUT2D eigenvalue weighted by Gasteiger charge is 2.20. The van der Waals surface area contributed by atoms with Gasteiger partial charge in [0.2, 0.25) is 5.91 Å². The zero-order valence-corrected chi connectivity index (χ0v) is 20.0. The Morgan fingerprint density at radius 1 is 1.00 bits per heavy atom. The molecular formula is C26H25N5O2S. The minimum absolute atomic E-state index is 0.102. The average Bonchev–Trinajstić information content (AvgIpc) is 3.27. The van der Waals surface area contributed by atoms with Gasteiger partial charge in [-0.25, -0.2) is 0 Å². The number of Topliss-reactive ketones (excluding diaryl/α,β-unsaturated/α-hetero) is 1. The third kappa shape index (κ3) is 5.07. The predicted molar refractivity (Wildman–Crippen MR) is 134 cm³/mol. The Morgan fingerprint density at radius 2 is 1.76 bits per heavy atom. The summed E-state index contributed by atoms with van der Waals surface area (Å²) < 4.78 is 1.98. The summed E-state index contributed by atoms with van der Waals surface area (Å²) in [6, 6.07) is 18.9. The molecule has 4 rings (SSSR count). The maximum atomic E-state index is 12.7. The number of pyridine rings is 1. The van der Waals surface area contributed by atoms with Crippen molar-refractivity contribution in [3.63, 3.8) is 0 Å². The predicted octanol–water partition coefficient (Wildman–Crippen LogP) is 5.39. The zero-order chi connectivity index (χ0) is 24.1. The number of carbonyl (C=O) groups is 2. The molecule has 0 aliphatic heterocycles. The number of hydrogen-bond donors (Lipinski definition) is 1. The van der Waals surface area contributed by atoms with Gasteiger partial charge in [-0.1, -0.05) is 55.9 Å². The van der Waals surface area contributed by atoms with Gasteiger partial charge in [0, 0.05) is 23.5 Å². The number of thioether (sulfide) groups is 1. The summed E-state index contributed by atoms with van der Waals surface area (Å²) in [5.74, 6) is 0.722. The third-order valence-corrected chi connectivity index (χ3v) is 6.19. The lowest BCUT2D eigenvalue weighted by molar-refractivity contribution is -0.113. The molecule has 0 unspecified atom stereocenters. The van der Waals surface area contributed by atoms with E-state index in [-0.39, 0.29) is 23.4 Å². The minimum atomic E-state index is -0.228. The standard InChI is InChI=1S/C26H25N5O2S/c1-17(2)20-10-5-7-13-23(20)31-25(19-9-8-14-27-15-19)29-30-26(31)34-16-24(33)28-22-12-6-4-11-21(22)18(3)32/h4-15,17H,16H2,1-3H3,(H,28,33). The van der Waals surface area contributed by atoms with E-state index in [0.717, 1.165) is 16.8 Å². The van der Waals surface area contributed by atoms with Crippen molar-refractivity contribution in [2.75, 3.05) is 11.1 Å². The lowest BCUT2D eigenvalue weighted by atomic mass is 10.0. The molecule has 0 spiro atoms. The van der Waals surface area contributed by atoms with E-state index < -0.39 is 0 Å². The van der Waals surface area contributed by atoms with Crippen molar-refractivity contribution >= 4 is 29.1 Å². The van der Waals surface area contributed by atoms with Gasteiger partial charge in [0.15, 0.2) is 16.8 Å². The van der Waals surface area contributed by atoms with Crippen LogP contribution >= 0.6 is 11.8 Å². The molecule has 0 aliphatic carbocycles. The van der Waals surface area contributed by atoms with Crippen molar-refractivity contribution < 1.29 is 9.59 Å². The first-order valence-corrected chi connectivity index (χ1v) is 11.9. The Balaban J connectivity index is 1.65. The third-order valence-electron chi connectivity index (χ3n) is 5.27. The molecule has 7 nitrogen and oxygen atoms in total. The van der Waals surface area contributed by atoms with Crippen LogP contribution < -0.4 is 5.32 Å². The molecule has 2 heterocycles. The van der Waals surface area contributed by atoms with E-state index in [1.807, 2.05) is 34.9 Å². The van der Waals surface area contributed by atoms with Crippen LogP contribution in [-0.4, -0.2) is 37.2 Å². The molecule has 0 aliphatic rings. The van der Waals surface area contributed by atoms with E-state index in [1.54, 1.807) is 36.7 Å². The largest absolute Gasteiger partial charge is 0.325 e. The molecule has 0 saturated carbocycles. The van der Waals surface area contributed by atoms with Gasteiger partial charge in [0.1, 0.15) is 0 Å². The number of aromatic nitrogens is 4. The van der Waals surface area contributed by atoms with Gasteiger partial charge in [-0.2, -0.15) is 0 Å². The van der Waals surface area contributed by atoms with E-state index in [1.165, 1.54) is 18.7 Å². The summed E-state index contributed by atoms with van der Waals surface area (Å²) in [5, 5.41) is 12.3. The van der Waals surface area contributed by atoms with E-state index in [0.29, 0.717) is 22.2 Å². The summed E-state index contributed by atoms with van der Waals surface area (Å²) in [6.45, 7) is 5.76. The van der Waals surface area contributed by atoms with Crippen molar-refractivity contribution in [2.24, 2.45) is 0 Å².